The number of carbonyl (C=O) groups excluding carboxylic acids is 2. The summed E-state index contributed by atoms with van der Waals surface area (Å²) in [6.07, 6.45) is 1.98. The summed E-state index contributed by atoms with van der Waals surface area (Å²) in [5.74, 6) is -1.99. The van der Waals surface area contributed by atoms with Gasteiger partial charge in [0.2, 0.25) is 5.91 Å². The largest absolute Gasteiger partial charge is 0.478 e. The molecule has 0 bridgehead atoms. The first-order valence-electron chi connectivity index (χ1n) is 11.1. The van der Waals surface area contributed by atoms with E-state index in [2.05, 4.69) is 22.5 Å². The van der Waals surface area contributed by atoms with E-state index in [0.29, 0.717) is 50.6 Å². The molecule has 0 spiro atoms. The van der Waals surface area contributed by atoms with Crippen LogP contribution in [-0.4, -0.2) is 67.1 Å². The minimum absolute atomic E-state index is 0.00405. The normalized spacial score (nSPS) is 14.1. The van der Waals surface area contributed by atoms with E-state index < -0.39 is 17.7 Å². The standard InChI is InChI=1S/C24H29FN4O4/c1-2-3-10-26-22(30)16-28-11-13-29(14-12-28)21-9-8-19(15-20(21)24(32)33)27-23(31)17-4-6-18(25)7-5-17/h4-9,15H,2-3,10-14,16H2,1H3,(H,26,30)(H,27,31)(H,32,33). The van der Waals surface area contributed by atoms with Gasteiger partial charge in [0.25, 0.3) is 5.91 Å². The Morgan fingerprint density at radius 3 is 2.36 bits per heavy atom. The quantitative estimate of drug-likeness (QED) is 0.502. The van der Waals surface area contributed by atoms with Crippen molar-refractivity contribution in [1.82, 2.24) is 10.2 Å². The van der Waals surface area contributed by atoms with Crippen LogP contribution in [0.25, 0.3) is 0 Å². The lowest BCUT2D eigenvalue weighted by atomic mass is 10.1. The van der Waals surface area contributed by atoms with E-state index in [1.165, 1.54) is 30.3 Å². The van der Waals surface area contributed by atoms with Gasteiger partial charge in [0, 0.05) is 44.0 Å². The van der Waals surface area contributed by atoms with Gasteiger partial charge in [-0.15, -0.1) is 0 Å². The summed E-state index contributed by atoms with van der Waals surface area (Å²) in [6, 6.07) is 9.85. The molecule has 8 nitrogen and oxygen atoms in total. The van der Waals surface area contributed by atoms with E-state index in [4.69, 9.17) is 0 Å². The number of aromatic carboxylic acids is 1. The average Bonchev–Trinajstić information content (AvgIpc) is 2.80. The maximum absolute atomic E-state index is 13.1. The number of amides is 2. The lowest BCUT2D eigenvalue weighted by Crippen LogP contribution is -2.49. The fourth-order valence-corrected chi connectivity index (χ4v) is 3.68. The first kappa shape index (κ1) is 24.2. The number of hydrogen-bond acceptors (Lipinski definition) is 5. The van der Waals surface area contributed by atoms with Crippen molar-refractivity contribution in [3.63, 3.8) is 0 Å². The molecule has 0 saturated carbocycles. The second kappa shape index (κ2) is 11.4. The Hall–Kier alpha value is -3.46. The van der Waals surface area contributed by atoms with Crippen molar-refractivity contribution in [2.24, 2.45) is 0 Å². The summed E-state index contributed by atoms with van der Waals surface area (Å²) >= 11 is 0. The van der Waals surface area contributed by atoms with Gasteiger partial charge in [-0.05, 0) is 48.9 Å². The minimum Gasteiger partial charge on any atom is -0.478 e. The van der Waals surface area contributed by atoms with Gasteiger partial charge >= 0.3 is 5.97 Å². The molecule has 2 aromatic carbocycles. The number of carboxylic acids is 1. The van der Waals surface area contributed by atoms with Gasteiger partial charge in [-0.1, -0.05) is 13.3 Å². The number of anilines is 2. The molecule has 3 rings (SSSR count). The van der Waals surface area contributed by atoms with E-state index in [-0.39, 0.29) is 17.0 Å². The van der Waals surface area contributed by atoms with Crippen molar-refractivity contribution in [3.8, 4) is 0 Å². The summed E-state index contributed by atoms with van der Waals surface area (Å²) in [5, 5.41) is 15.3. The SMILES string of the molecule is CCCCNC(=O)CN1CCN(c2ccc(NC(=O)c3ccc(F)cc3)cc2C(=O)O)CC1. The highest BCUT2D eigenvalue weighted by atomic mass is 19.1. The number of hydrogen-bond donors (Lipinski definition) is 3. The molecule has 1 fully saturated rings. The molecule has 2 amide bonds. The molecular weight excluding hydrogens is 427 g/mol. The van der Waals surface area contributed by atoms with Crippen LogP contribution in [0.15, 0.2) is 42.5 Å². The number of nitrogens with one attached hydrogen (secondary N) is 2. The smallest absolute Gasteiger partial charge is 0.337 e. The minimum atomic E-state index is -1.10. The predicted octanol–water partition coefficient (Wildman–Crippen LogP) is 2.81. The molecule has 0 atom stereocenters. The molecule has 33 heavy (non-hydrogen) atoms. The Bertz CT molecular complexity index is 988. The van der Waals surface area contributed by atoms with E-state index in [1.54, 1.807) is 12.1 Å². The number of rotatable bonds is 9. The van der Waals surface area contributed by atoms with Gasteiger partial charge in [-0.2, -0.15) is 0 Å². The summed E-state index contributed by atoms with van der Waals surface area (Å²) < 4.78 is 13.1. The Morgan fingerprint density at radius 1 is 1.03 bits per heavy atom. The van der Waals surface area contributed by atoms with Crippen LogP contribution < -0.4 is 15.5 Å². The Balaban J connectivity index is 1.62. The Kier molecular flexibility index (Phi) is 8.37. The van der Waals surface area contributed by atoms with Crippen molar-refractivity contribution in [2.75, 3.05) is 49.5 Å². The monoisotopic (exact) mass is 456 g/mol. The lowest BCUT2D eigenvalue weighted by Gasteiger charge is -2.36. The van der Waals surface area contributed by atoms with Gasteiger partial charge in [0.1, 0.15) is 5.82 Å². The number of carbonyl (C=O) groups is 3. The molecule has 2 aromatic rings. The van der Waals surface area contributed by atoms with Crippen LogP contribution in [-0.2, 0) is 4.79 Å². The highest BCUT2D eigenvalue weighted by Crippen LogP contribution is 2.26. The highest BCUT2D eigenvalue weighted by molar-refractivity contribution is 6.05. The van der Waals surface area contributed by atoms with Crippen LogP contribution in [0.4, 0.5) is 15.8 Å². The van der Waals surface area contributed by atoms with Crippen molar-refractivity contribution in [3.05, 3.63) is 59.4 Å². The van der Waals surface area contributed by atoms with Crippen LogP contribution >= 0.6 is 0 Å². The van der Waals surface area contributed by atoms with Gasteiger partial charge in [0.05, 0.1) is 17.8 Å². The summed E-state index contributed by atoms with van der Waals surface area (Å²) in [7, 11) is 0. The molecule has 0 radical (unpaired) electrons. The fraction of sp³-hybridized carbons (Fsp3) is 0.375. The van der Waals surface area contributed by atoms with Gasteiger partial charge in [-0.3, -0.25) is 14.5 Å². The third-order valence-electron chi connectivity index (χ3n) is 5.52. The summed E-state index contributed by atoms with van der Waals surface area (Å²) in [4.78, 5) is 40.3. The van der Waals surface area contributed by atoms with Crippen LogP contribution in [0.5, 0.6) is 0 Å². The number of carboxylic acid groups (broad SMARTS) is 1. The second-order valence-electron chi connectivity index (χ2n) is 7.96. The predicted molar refractivity (Wildman–Crippen MR) is 124 cm³/mol. The Labute approximate surface area is 192 Å². The highest BCUT2D eigenvalue weighted by Gasteiger charge is 2.23. The molecule has 1 aliphatic rings. The molecular formula is C24H29FN4O4. The van der Waals surface area contributed by atoms with Crippen LogP contribution in [0.1, 0.15) is 40.5 Å². The number of unbranched alkanes of at least 4 members (excludes halogenated alkanes) is 1. The Morgan fingerprint density at radius 2 is 1.73 bits per heavy atom. The van der Waals surface area contributed by atoms with Gasteiger partial charge in [-0.25, -0.2) is 9.18 Å². The first-order chi connectivity index (χ1) is 15.9. The van der Waals surface area contributed by atoms with Crippen molar-refractivity contribution in [1.29, 1.82) is 0 Å². The topological polar surface area (TPSA) is 102 Å². The maximum atomic E-state index is 13.1. The van der Waals surface area contributed by atoms with Crippen LogP contribution in [0.3, 0.4) is 0 Å². The maximum Gasteiger partial charge on any atom is 0.337 e. The third kappa shape index (κ3) is 6.76. The molecule has 0 unspecified atom stereocenters. The average molecular weight is 457 g/mol. The van der Waals surface area contributed by atoms with E-state index >= 15 is 0 Å². The summed E-state index contributed by atoms with van der Waals surface area (Å²) in [5.41, 5.74) is 1.26. The molecule has 0 aliphatic carbocycles. The van der Waals surface area contributed by atoms with Crippen LogP contribution in [0.2, 0.25) is 0 Å². The van der Waals surface area contributed by atoms with Crippen molar-refractivity contribution in [2.45, 2.75) is 19.8 Å². The zero-order valence-electron chi connectivity index (χ0n) is 18.6. The molecule has 176 valence electrons. The molecule has 1 heterocycles. The number of benzene rings is 2. The zero-order chi connectivity index (χ0) is 23.8. The molecule has 3 N–H and O–H groups in total. The molecule has 9 heteroatoms. The molecule has 1 aliphatic heterocycles. The third-order valence-corrected chi connectivity index (χ3v) is 5.52. The lowest BCUT2D eigenvalue weighted by molar-refractivity contribution is -0.122. The van der Waals surface area contributed by atoms with E-state index in [1.807, 2.05) is 4.90 Å². The van der Waals surface area contributed by atoms with Crippen molar-refractivity contribution >= 4 is 29.2 Å². The van der Waals surface area contributed by atoms with Crippen LogP contribution in [0, 0.1) is 5.82 Å². The van der Waals surface area contributed by atoms with Gasteiger partial charge < -0.3 is 20.6 Å². The van der Waals surface area contributed by atoms with E-state index in [9.17, 15) is 23.9 Å². The fourth-order valence-electron chi connectivity index (χ4n) is 3.68. The number of halogens is 1. The van der Waals surface area contributed by atoms with Gasteiger partial charge in [0.15, 0.2) is 0 Å². The van der Waals surface area contributed by atoms with E-state index in [0.717, 1.165) is 12.8 Å². The molecule has 0 aromatic heterocycles. The number of nitrogens with zero attached hydrogens (tertiary/aromatic N) is 2. The zero-order valence-corrected chi connectivity index (χ0v) is 18.6. The number of piperazine rings is 1. The summed E-state index contributed by atoms with van der Waals surface area (Å²) in [6.45, 7) is 5.54. The molecule has 1 saturated heterocycles. The van der Waals surface area contributed by atoms with Crippen molar-refractivity contribution < 1.29 is 23.9 Å². The first-order valence-corrected chi connectivity index (χ1v) is 11.1. The second-order valence-corrected chi connectivity index (χ2v) is 7.96.